The van der Waals surface area contributed by atoms with Crippen LogP contribution in [0.1, 0.15) is 16.5 Å². The van der Waals surface area contributed by atoms with Gasteiger partial charge in [0.15, 0.2) is 0 Å². The van der Waals surface area contributed by atoms with Gasteiger partial charge >= 0.3 is 5.63 Å². The Labute approximate surface area is 217 Å². The molecule has 1 aliphatic heterocycles. The van der Waals surface area contributed by atoms with Gasteiger partial charge in [-0.15, -0.1) is 11.8 Å². The summed E-state index contributed by atoms with van der Waals surface area (Å²) < 4.78 is 12.7. The van der Waals surface area contributed by atoms with Crippen LogP contribution >= 0.6 is 11.8 Å². The van der Waals surface area contributed by atoms with Gasteiger partial charge in [-0.25, -0.2) is 9.48 Å². The standard InChI is InChI=1S/C29H23N3O4S/c1-35-22-13-11-19(12-14-22)16-31-26(33)18-37-28(31)24-17-32(21-8-3-2-4-9-21)30-27(24)23-15-20-7-5-6-10-25(20)36-29(23)34/h2-15,17,28H,16,18H2,1H3/t28-/m1/s1. The average molecular weight is 510 g/mol. The number of para-hydroxylation sites is 2. The molecule has 1 saturated heterocycles. The molecule has 1 atom stereocenters. The largest absolute Gasteiger partial charge is 0.497 e. The van der Waals surface area contributed by atoms with Crippen LogP contribution in [0.25, 0.3) is 27.9 Å². The number of hydrogen-bond donors (Lipinski definition) is 0. The van der Waals surface area contributed by atoms with Crippen molar-refractivity contribution in [2.24, 2.45) is 0 Å². The molecule has 3 heterocycles. The predicted molar refractivity (Wildman–Crippen MR) is 144 cm³/mol. The fraction of sp³-hybridized carbons (Fsp3) is 0.138. The fourth-order valence-corrected chi connectivity index (χ4v) is 5.72. The zero-order chi connectivity index (χ0) is 25.4. The fourth-order valence-electron chi connectivity index (χ4n) is 4.53. The van der Waals surface area contributed by atoms with Crippen molar-refractivity contribution in [1.29, 1.82) is 0 Å². The maximum Gasteiger partial charge on any atom is 0.345 e. The zero-order valence-electron chi connectivity index (χ0n) is 20.0. The number of aromatic nitrogens is 2. The third-order valence-electron chi connectivity index (χ3n) is 6.41. The number of carbonyl (C=O) groups is 1. The highest BCUT2D eigenvalue weighted by atomic mass is 32.2. The van der Waals surface area contributed by atoms with Crippen LogP contribution in [0.4, 0.5) is 0 Å². The summed E-state index contributed by atoms with van der Waals surface area (Å²) in [5.74, 6) is 1.15. The van der Waals surface area contributed by atoms with Crippen LogP contribution in [0.3, 0.4) is 0 Å². The summed E-state index contributed by atoms with van der Waals surface area (Å²) in [6, 6.07) is 26.6. The first-order valence-electron chi connectivity index (χ1n) is 11.8. The molecule has 0 bridgehead atoms. The Morgan fingerprint density at radius 2 is 1.76 bits per heavy atom. The topological polar surface area (TPSA) is 77.6 Å². The minimum absolute atomic E-state index is 0.0368. The molecular weight excluding hydrogens is 486 g/mol. The molecule has 3 aromatic carbocycles. The number of methoxy groups -OCH3 is 1. The van der Waals surface area contributed by atoms with Gasteiger partial charge in [-0.05, 0) is 42.0 Å². The third-order valence-corrected chi connectivity index (χ3v) is 7.64. The maximum absolute atomic E-state index is 13.1. The van der Waals surface area contributed by atoms with E-state index in [9.17, 15) is 9.59 Å². The first-order chi connectivity index (χ1) is 18.1. The van der Waals surface area contributed by atoms with Gasteiger partial charge in [-0.1, -0.05) is 48.5 Å². The van der Waals surface area contributed by atoms with E-state index >= 15 is 0 Å². The number of fused-ring (bicyclic) bond motifs is 1. The summed E-state index contributed by atoms with van der Waals surface area (Å²) in [6.45, 7) is 0.433. The van der Waals surface area contributed by atoms with E-state index in [0.717, 1.165) is 28.0 Å². The first-order valence-corrected chi connectivity index (χ1v) is 12.9. The number of benzene rings is 3. The van der Waals surface area contributed by atoms with Crippen molar-refractivity contribution in [2.75, 3.05) is 12.9 Å². The maximum atomic E-state index is 13.1. The first kappa shape index (κ1) is 23.1. The van der Waals surface area contributed by atoms with Crippen molar-refractivity contribution in [2.45, 2.75) is 11.9 Å². The molecular formula is C29H23N3O4S. The summed E-state index contributed by atoms with van der Waals surface area (Å²) >= 11 is 1.53. The van der Waals surface area contributed by atoms with E-state index in [0.29, 0.717) is 29.1 Å². The van der Waals surface area contributed by atoms with Gasteiger partial charge < -0.3 is 14.1 Å². The second kappa shape index (κ2) is 9.63. The van der Waals surface area contributed by atoms with E-state index in [4.69, 9.17) is 14.3 Å². The molecule has 1 aliphatic rings. The predicted octanol–water partition coefficient (Wildman–Crippen LogP) is 5.43. The summed E-state index contributed by atoms with van der Waals surface area (Å²) in [7, 11) is 1.63. The molecule has 37 heavy (non-hydrogen) atoms. The number of amides is 1. The lowest BCUT2D eigenvalue weighted by Gasteiger charge is -2.24. The minimum Gasteiger partial charge on any atom is -0.497 e. The molecule has 0 aliphatic carbocycles. The quantitative estimate of drug-likeness (QED) is 0.284. The molecule has 184 valence electrons. The van der Waals surface area contributed by atoms with Crippen LogP contribution in [0.5, 0.6) is 5.75 Å². The molecule has 1 amide bonds. The summed E-state index contributed by atoms with van der Waals surface area (Å²) in [5.41, 5.74) is 3.57. The van der Waals surface area contributed by atoms with Crippen LogP contribution in [-0.4, -0.2) is 33.5 Å². The van der Waals surface area contributed by atoms with Crippen molar-refractivity contribution in [3.8, 4) is 22.7 Å². The minimum atomic E-state index is -0.464. The summed E-state index contributed by atoms with van der Waals surface area (Å²) in [6.07, 6.45) is 1.91. The van der Waals surface area contributed by atoms with Gasteiger partial charge in [0.1, 0.15) is 22.4 Å². The van der Waals surface area contributed by atoms with Crippen molar-refractivity contribution < 1.29 is 13.9 Å². The zero-order valence-corrected chi connectivity index (χ0v) is 20.9. The van der Waals surface area contributed by atoms with Crippen LogP contribution in [0.15, 0.2) is 100 Å². The van der Waals surface area contributed by atoms with E-state index in [2.05, 4.69) is 0 Å². The number of carbonyl (C=O) groups excluding carboxylic acids is 1. The van der Waals surface area contributed by atoms with Crippen LogP contribution in [-0.2, 0) is 11.3 Å². The molecule has 2 aromatic heterocycles. The molecule has 5 aromatic rings. The van der Waals surface area contributed by atoms with Crippen LogP contribution in [0.2, 0.25) is 0 Å². The highest BCUT2D eigenvalue weighted by Crippen LogP contribution is 2.43. The second-order valence-corrected chi connectivity index (χ2v) is 9.80. The van der Waals surface area contributed by atoms with Gasteiger partial charge in [0.2, 0.25) is 5.91 Å². The summed E-state index contributed by atoms with van der Waals surface area (Å²) in [5, 5.41) is 5.34. The lowest BCUT2D eigenvalue weighted by atomic mass is 10.1. The van der Waals surface area contributed by atoms with E-state index in [1.54, 1.807) is 17.9 Å². The summed E-state index contributed by atoms with van der Waals surface area (Å²) in [4.78, 5) is 28.0. The van der Waals surface area contributed by atoms with E-state index in [-0.39, 0.29) is 11.3 Å². The monoisotopic (exact) mass is 509 g/mol. The molecule has 0 spiro atoms. The molecule has 0 saturated carbocycles. The SMILES string of the molecule is COc1ccc(CN2C(=O)CS[C@@H]2c2cn(-c3ccccc3)nc2-c2cc3ccccc3oc2=O)cc1. The van der Waals surface area contributed by atoms with Gasteiger partial charge in [0, 0.05) is 23.7 Å². The Hall–Kier alpha value is -4.30. The van der Waals surface area contributed by atoms with Gasteiger partial charge in [0.05, 0.1) is 24.1 Å². The molecule has 6 rings (SSSR count). The Morgan fingerprint density at radius 1 is 1.00 bits per heavy atom. The van der Waals surface area contributed by atoms with Crippen LogP contribution < -0.4 is 10.4 Å². The Morgan fingerprint density at radius 3 is 2.54 bits per heavy atom. The molecule has 0 unspecified atom stereocenters. The Balaban J connectivity index is 1.47. The smallest absolute Gasteiger partial charge is 0.345 e. The Kier molecular flexibility index (Phi) is 6.02. The lowest BCUT2D eigenvalue weighted by molar-refractivity contribution is -0.128. The van der Waals surface area contributed by atoms with Crippen molar-refractivity contribution >= 4 is 28.6 Å². The number of rotatable bonds is 6. The van der Waals surface area contributed by atoms with Crippen LogP contribution in [0, 0.1) is 0 Å². The highest BCUT2D eigenvalue weighted by molar-refractivity contribution is 8.00. The van der Waals surface area contributed by atoms with E-state index in [1.165, 1.54) is 11.8 Å². The van der Waals surface area contributed by atoms with Crippen molar-refractivity contribution in [1.82, 2.24) is 14.7 Å². The normalized spacial score (nSPS) is 15.4. The van der Waals surface area contributed by atoms with Crippen molar-refractivity contribution in [3.05, 3.63) is 113 Å². The lowest BCUT2D eigenvalue weighted by Crippen LogP contribution is -2.27. The van der Waals surface area contributed by atoms with Crippen molar-refractivity contribution in [3.63, 3.8) is 0 Å². The van der Waals surface area contributed by atoms with Gasteiger partial charge in [0.25, 0.3) is 0 Å². The van der Waals surface area contributed by atoms with Gasteiger partial charge in [-0.2, -0.15) is 5.10 Å². The second-order valence-electron chi connectivity index (χ2n) is 8.73. The average Bonchev–Trinajstić information content (AvgIpc) is 3.53. The molecule has 0 radical (unpaired) electrons. The number of ether oxygens (including phenoxy) is 1. The third kappa shape index (κ3) is 4.40. The Bertz CT molecular complexity index is 1640. The molecule has 7 nitrogen and oxygen atoms in total. The molecule has 0 N–H and O–H groups in total. The number of nitrogens with zero attached hydrogens (tertiary/aromatic N) is 3. The molecule has 1 fully saturated rings. The van der Waals surface area contributed by atoms with Gasteiger partial charge in [-0.3, -0.25) is 4.79 Å². The highest BCUT2D eigenvalue weighted by Gasteiger charge is 2.36. The van der Waals surface area contributed by atoms with E-state index in [1.807, 2.05) is 90.0 Å². The number of hydrogen-bond acceptors (Lipinski definition) is 6. The number of thioether (sulfide) groups is 1. The molecule has 8 heteroatoms. The van der Waals surface area contributed by atoms with E-state index < -0.39 is 5.63 Å².